The number of sulfonamides is 1. The molecule has 0 spiro atoms. The maximum absolute atomic E-state index is 13.7. The number of aryl methyl sites for hydroxylation is 4. The molecule has 38 heteroatoms. The van der Waals surface area contributed by atoms with Crippen molar-refractivity contribution in [3.8, 4) is 0 Å². The predicted octanol–water partition coefficient (Wildman–Crippen LogP) is -1.96. The standard InChI is InChI=1S/C36H64N8O14.C35H43N7O8S/c1-37-9-7-19-58-20-8-10-38-35(51)27(21-30(46)53-2)40-36(52)28(22-31(47)54-3)39-29(45)23-41-11-13-42(24-32(48)55-4)15-17-44(26-34(50)57-6)18-16-43(14-12-41)25-33(49)56-5;1-22-8-6-9-23(2)32(22)51(48,49)40-28(34(47)50-5)20-38-33(46)27-21-42(16-7-14-36-30(44)13-10-24(3)43)29-18-25(11-12-26(29)31(27)45)19-39-35-37-15-17-41(35)4/h27-28,37H,7-26H2,1-6H3,(H,38,51)(H,39,45)(H,40,52);6,8-9,11-12,15,17-18,21,28,40H,7,10,13-14,16,19-20H2,1-5H3,(H,36,44)(H,37,39)(H,38,46)/t27-,28-;28-/m10/s1. The zero-order valence-corrected chi connectivity index (χ0v) is 64.9. The van der Waals surface area contributed by atoms with Crippen molar-refractivity contribution >= 4 is 98.0 Å². The van der Waals surface area contributed by atoms with Crippen LogP contribution in [0.25, 0.3) is 10.9 Å². The average molecular weight is 1550 g/mol. The summed E-state index contributed by atoms with van der Waals surface area (Å²) in [5, 5.41) is 19.5. The maximum atomic E-state index is 13.7. The number of amides is 5. The number of anilines is 1. The Morgan fingerprint density at radius 1 is 0.587 bits per heavy atom. The number of pyridine rings is 1. The molecule has 109 heavy (non-hydrogen) atoms. The van der Waals surface area contributed by atoms with Crippen LogP contribution in [0.2, 0.25) is 0 Å². The van der Waals surface area contributed by atoms with Crippen molar-refractivity contribution in [2.45, 2.75) is 102 Å². The van der Waals surface area contributed by atoms with Crippen molar-refractivity contribution in [1.29, 1.82) is 0 Å². The fourth-order valence-electron chi connectivity index (χ4n) is 11.1. The number of Topliss-reactive ketones (excluding diaryl/α,β-unsaturated/α-hetero) is 1. The third-order valence-electron chi connectivity index (χ3n) is 17.2. The molecule has 0 unspecified atom stereocenters. The number of esters is 6. The van der Waals surface area contributed by atoms with Crippen LogP contribution in [0.4, 0.5) is 5.95 Å². The van der Waals surface area contributed by atoms with Gasteiger partial charge in [-0.25, -0.2) is 13.4 Å². The van der Waals surface area contributed by atoms with Gasteiger partial charge < -0.3 is 84.3 Å². The molecule has 2 aromatic carbocycles. The number of fused-ring (bicyclic) bond motifs is 1. The Morgan fingerprint density at radius 3 is 1.61 bits per heavy atom. The number of carbonyl (C=O) groups is 12. The predicted molar refractivity (Wildman–Crippen MR) is 397 cm³/mol. The lowest BCUT2D eigenvalue weighted by Crippen LogP contribution is -2.56. The van der Waals surface area contributed by atoms with Crippen molar-refractivity contribution in [2.24, 2.45) is 7.05 Å². The van der Waals surface area contributed by atoms with Gasteiger partial charge in [-0.15, -0.1) is 0 Å². The number of imidazole rings is 1. The van der Waals surface area contributed by atoms with E-state index >= 15 is 0 Å². The van der Waals surface area contributed by atoms with Crippen molar-refractivity contribution < 1.29 is 99.1 Å². The first-order chi connectivity index (χ1) is 52.0. The SMILES string of the molecule is CNCCCOCCCNC(=O)[C@@H](CC(=O)OC)NC(=O)[C@@H](CC(=O)OC)NC(=O)CN1CCN(CC(=O)OC)CCN(CC(=O)OC)CCN(CC(=O)OC)CC1.COC(=O)[C@H](CNC(=O)c1cn(CCCNC(=O)CCC(C)=O)c2cc(CNc3nccn3C)ccc2c1=O)NS(=O)(=O)c1c(C)cccc1C. The fourth-order valence-corrected chi connectivity index (χ4v) is 12.7. The minimum absolute atomic E-state index is 0.00664. The molecule has 2 aromatic heterocycles. The van der Waals surface area contributed by atoms with Crippen LogP contribution in [0.3, 0.4) is 0 Å². The molecule has 3 heterocycles. The number of ether oxygens (including phenoxy) is 7. The quantitative estimate of drug-likeness (QED) is 0.0136. The Labute approximate surface area is 634 Å². The van der Waals surface area contributed by atoms with E-state index in [1.54, 1.807) is 66.0 Å². The summed E-state index contributed by atoms with van der Waals surface area (Å²) in [6, 6.07) is 5.79. The lowest BCUT2D eigenvalue weighted by atomic mass is 10.1. The minimum atomic E-state index is -4.21. The summed E-state index contributed by atoms with van der Waals surface area (Å²) >= 11 is 0. The second-order valence-electron chi connectivity index (χ2n) is 25.5. The van der Waals surface area contributed by atoms with Gasteiger partial charge in [-0.05, 0) is 82.4 Å². The number of rotatable bonds is 41. The largest absolute Gasteiger partial charge is 0.469 e. The van der Waals surface area contributed by atoms with Gasteiger partial charge in [0.15, 0.2) is 0 Å². The number of hydrogen-bond donors (Lipinski definition) is 8. The first-order valence-electron chi connectivity index (χ1n) is 35.4. The molecule has 5 amide bonds. The smallest absolute Gasteiger partial charge is 0.325 e. The summed E-state index contributed by atoms with van der Waals surface area (Å²) in [4.78, 5) is 176. The monoisotopic (exact) mass is 1550 g/mol. The highest BCUT2D eigenvalue weighted by Crippen LogP contribution is 2.21. The number of nitrogens with one attached hydrogen (secondary N) is 8. The summed E-state index contributed by atoms with van der Waals surface area (Å²) < 4.78 is 66.9. The zero-order valence-electron chi connectivity index (χ0n) is 64.0. The molecule has 0 saturated carbocycles. The van der Waals surface area contributed by atoms with E-state index in [9.17, 15) is 70.7 Å². The van der Waals surface area contributed by atoms with Crippen LogP contribution in [0.5, 0.6) is 0 Å². The van der Waals surface area contributed by atoms with Crippen molar-refractivity contribution in [3.63, 3.8) is 0 Å². The molecule has 0 aliphatic carbocycles. The molecular weight excluding hydrogens is 1450 g/mol. The van der Waals surface area contributed by atoms with E-state index in [4.69, 9.17) is 33.2 Å². The van der Waals surface area contributed by atoms with Gasteiger partial charge >= 0.3 is 35.8 Å². The van der Waals surface area contributed by atoms with Crippen LogP contribution in [-0.2, 0) is 116 Å². The Balaban J connectivity index is 0.000000463. The van der Waals surface area contributed by atoms with E-state index in [2.05, 4.69) is 46.9 Å². The molecule has 604 valence electrons. The van der Waals surface area contributed by atoms with Crippen molar-refractivity contribution in [1.82, 2.24) is 70.3 Å². The first-order valence-corrected chi connectivity index (χ1v) is 36.9. The molecule has 3 atom stereocenters. The number of nitrogens with zero attached hydrogens (tertiary/aromatic N) is 7. The third-order valence-corrected chi connectivity index (χ3v) is 19.0. The van der Waals surface area contributed by atoms with Gasteiger partial charge in [-0.3, -0.25) is 77.1 Å². The second kappa shape index (κ2) is 48.6. The van der Waals surface area contributed by atoms with Crippen LogP contribution in [0.15, 0.2) is 64.7 Å². The molecule has 0 bridgehead atoms. The number of methoxy groups -OCH3 is 6. The van der Waals surface area contributed by atoms with Gasteiger partial charge in [-0.2, -0.15) is 4.72 Å². The molecule has 0 radical (unpaired) electrons. The van der Waals surface area contributed by atoms with E-state index in [1.807, 2.05) is 39.4 Å². The third kappa shape index (κ3) is 32.9. The van der Waals surface area contributed by atoms with Gasteiger partial charge in [-0.1, -0.05) is 24.3 Å². The van der Waals surface area contributed by atoms with E-state index < -0.39 is 112 Å². The van der Waals surface area contributed by atoms with Gasteiger partial charge in [0.25, 0.3) is 5.91 Å². The molecule has 1 aliphatic rings. The van der Waals surface area contributed by atoms with Crippen LogP contribution >= 0.6 is 0 Å². The van der Waals surface area contributed by atoms with Crippen molar-refractivity contribution in [3.05, 3.63) is 87.5 Å². The van der Waals surface area contributed by atoms with Crippen molar-refractivity contribution in [2.75, 3.05) is 173 Å². The second-order valence-corrected chi connectivity index (χ2v) is 27.1. The number of benzene rings is 2. The van der Waals surface area contributed by atoms with E-state index in [1.165, 1.54) is 34.4 Å². The number of carbonyl (C=O) groups excluding carboxylic acids is 12. The molecule has 37 nitrogen and oxygen atoms in total. The lowest BCUT2D eigenvalue weighted by Gasteiger charge is -2.33. The van der Waals surface area contributed by atoms with Crippen LogP contribution < -0.4 is 47.4 Å². The van der Waals surface area contributed by atoms with Gasteiger partial charge in [0.2, 0.25) is 45.0 Å². The summed E-state index contributed by atoms with van der Waals surface area (Å²) in [5.41, 5.74) is 1.53. The highest BCUT2D eigenvalue weighted by molar-refractivity contribution is 7.89. The van der Waals surface area contributed by atoms with E-state index in [-0.39, 0.29) is 106 Å². The van der Waals surface area contributed by atoms with E-state index in [0.717, 1.165) is 39.9 Å². The summed E-state index contributed by atoms with van der Waals surface area (Å²) in [6.07, 6.45) is 5.72. The Hall–Kier alpha value is -9.83. The van der Waals surface area contributed by atoms with Gasteiger partial charge in [0.05, 0.1) is 92.1 Å². The zero-order chi connectivity index (χ0) is 80.6. The number of hydrogen-bond acceptors (Lipinski definition) is 29. The van der Waals surface area contributed by atoms with Gasteiger partial charge in [0.1, 0.15) is 29.5 Å². The molecule has 8 N–H and O–H groups in total. The summed E-state index contributed by atoms with van der Waals surface area (Å²) in [5.74, 6) is -6.74. The summed E-state index contributed by atoms with van der Waals surface area (Å²) in [6.45, 7) is 9.12. The molecule has 1 fully saturated rings. The van der Waals surface area contributed by atoms with E-state index in [0.29, 0.717) is 87.9 Å². The molecule has 5 rings (SSSR count). The fraction of sp³-hybridized carbons (Fsp3) is 0.577. The molecule has 1 aliphatic heterocycles. The van der Waals surface area contributed by atoms with Crippen LogP contribution in [-0.4, -0.2) is 299 Å². The highest BCUT2D eigenvalue weighted by Gasteiger charge is 2.33. The van der Waals surface area contributed by atoms with Crippen LogP contribution in [0, 0.1) is 13.8 Å². The van der Waals surface area contributed by atoms with Crippen LogP contribution in [0.1, 0.15) is 78.9 Å². The Kier molecular flexibility index (Phi) is 40.8. The lowest BCUT2D eigenvalue weighted by molar-refractivity contribution is -0.146. The van der Waals surface area contributed by atoms with Gasteiger partial charge in [0, 0.05) is 142 Å². The first kappa shape index (κ1) is 91.6. The highest BCUT2D eigenvalue weighted by atomic mass is 32.2. The normalized spacial score (nSPS) is 14.1. The minimum Gasteiger partial charge on any atom is -0.469 e. The number of ketones is 1. The summed E-state index contributed by atoms with van der Waals surface area (Å²) in [7, 11) is 6.65. The molecule has 1 saturated heterocycles. The average Bonchev–Trinajstić information content (AvgIpc) is 0.824. The maximum Gasteiger partial charge on any atom is 0.325 e. The topological polar surface area (TPSA) is 453 Å². The Bertz CT molecular complexity index is 3840. The molecule has 4 aromatic rings. The number of aromatic nitrogens is 3. The Morgan fingerprint density at radius 2 is 1.11 bits per heavy atom. The molecular formula is C71H107N15O22S.